The second-order valence-corrected chi connectivity index (χ2v) is 4.67. The lowest BCUT2D eigenvalue weighted by atomic mass is 10.0. The van der Waals surface area contributed by atoms with Gasteiger partial charge in [-0.05, 0) is 38.3 Å². The predicted octanol–water partition coefficient (Wildman–Crippen LogP) is 1.69. The first-order chi connectivity index (χ1) is 7.75. The van der Waals surface area contributed by atoms with Gasteiger partial charge in [-0.25, -0.2) is 0 Å². The van der Waals surface area contributed by atoms with Gasteiger partial charge in [-0.3, -0.25) is 4.79 Å². The van der Waals surface area contributed by atoms with Crippen molar-refractivity contribution in [2.75, 3.05) is 6.54 Å². The summed E-state index contributed by atoms with van der Waals surface area (Å²) in [4.78, 5) is 11.6. The summed E-state index contributed by atoms with van der Waals surface area (Å²) in [7, 11) is 0. The van der Waals surface area contributed by atoms with Crippen molar-refractivity contribution < 1.29 is 0 Å². The number of hydrogen-bond donors (Lipinski definition) is 1. The Bertz CT molecular complexity index is 391. The van der Waals surface area contributed by atoms with Crippen LogP contribution in [0.2, 0.25) is 0 Å². The third-order valence-electron chi connectivity index (χ3n) is 3.26. The average molecular weight is 220 g/mol. The fourth-order valence-corrected chi connectivity index (χ4v) is 2.29. The van der Waals surface area contributed by atoms with Gasteiger partial charge in [0.25, 0.3) is 5.56 Å². The van der Waals surface area contributed by atoms with Gasteiger partial charge in [0.15, 0.2) is 0 Å². The molecule has 1 atom stereocenters. The Morgan fingerprint density at radius 1 is 1.44 bits per heavy atom. The Balaban J connectivity index is 1.93. The van der Waals surface area contributed by atoms with E-state index in [0.717, 1.165) is 25.1 Å². The highest BCUT2D eigenvalue weighted by Crippen LogP contribution is 2.10. The fraction of sp³-hybridized carbons (Fsp3) is 0.615. The van der Waals surface area contributed by atoms with E-state index in [2.05, 4.69) is 5.32 Å². The van der Waals surface area contributed by atoms with Gasteiger partial charge >= 0.3 is 0 Å². The normalized spacial score (nSPS) is 20.9. The van der Waals surface area contributed by atoms with Crippen molar-refractivity contribution in [3.05, 3.63) is 34.2 Å². The number of hydrogen-bond acceptors (Lipinski definition) is 2. The zero-order valence-corrected chi connectivity index (χ0v) is 9.91. The summed E-state index contributed by atoms with van der Waals surface area (Å²) in [6.45, 7) is 3.99. The Kier molecular flexibility index (Phi) is 3.78. The Morgan fingerprint density at radius 3 is 3.06 bits per heavy atom. The van der Waals surface area contributed by atoms with Crippen LogP contribution in [-0.4, -0.2) is 17.2 Å². The maximum Gasteiger partial charge on any atom is 0.250 e. The maximum atomic E-state index is 11.6. The van der Waals surface area contributed by atoms with Gasteiger partial charge in [-0.2, -0.15) is 0 Å². The van der Waals surface area contributed by atoms with Crippen LogP contribution in [-0.2, 0) is 6.54 Å². The van der Waals surface area contributed by atoms with Gasteiger partial charge in [0.05, 0.1) is 0 Å². The zero-order chi connectivity index (χ0) is 11.4. The molecule has 2 heterocycles. The van der Waals surface area contributed by atoms with Crippen LogP contribution in [0.15, 0.2) is 23.1 Å². The largest absolute Gasteiger partial charge is 0.315 e. The summed E-state index contributed by atoms with van der Waals surface area (Å²) in [5, 5.41) is 3.51. The van der Waals surface area contributed by atoms with Crippen LogP contribution in [0.25, 0.3) is 0 Å². The highest BCUT2D eigenvalue weighted by atomic mass is 16.1. The summed E-state index contributed by atoms with van der Waals surface area (Å²) < 4.78 is 1.83. The summed E-state index contributed by atoms with van der Waals surface area (Å²) in [5.74, 6) is 0. The van der Waals surface area contributed by atoms with E-state index in [4.69, 9.17) is 0 Å². The SMILES string of the molecule is Cc1ccc(=O)n(CCC2CCCCN2)c1. The molecule has 0 bridgehead atoms. The first-order valence-corrected chi connectivity index (χ1v) is 6.16. The number of nitrogens with zero attached hydrogens (tertiary/aromatic N) is 1. The molecule has 0 aromatic carbocycles. The van der Waals surface area contributed by atoms with Crippen molar-refractivity contribution in [1.82, 2.24) is 9.88 Å². The molecular weight excluding hydrogens is 200 g/mol. The number of rotatable bonds is 3. The van der Waals surface area contributed by atoms with E-state index in [0.29, 0.717) is 6.04 Å². The molecule has 1 aromatic rings. The molecule has 3 heteroatoms. The summed E-state index contributed by atoms with van der Waals surface area (Å²) >= 11 is 0. The van der Waals surface area contributed by atoms with E-state index in [9.17, 15) is 4.79 Å². The first kappa shape index (κ1) is 11.4. The molecule has 2 rings (SSSR count). The van der Waals surface area contributed by atoms with Gasteiger partial charge in [-0.15, -0.1) is 0 Å². The van der Waals surface area contributed by atoms with Crippen molar-refractivity contribution >= 4 is 0 Å². The second-order valence-electron chi connectivity index (χ2n) is 4.67. The molecule has 3 nitrogen and oxygen atoms in total. The third-order valence-corrected chi connectivity index (χ3v) is 3.26. The number of nitrogens with one attached hydrogen (secondary N) is 1. The van der Waals surface area contributed by atoms with E-state index in [1.165, 1.54) is 19.3 Å². The number of pyridine rings is 1. The molecule has 0 radical (unpaired) electrons. The van der Waals surface area contributed by atoms with E-state index in [1.54, 1.807) is 6.07 Å². The molecule has 1 N–H and O–H groups in total. The van der Waals surface area contributed by atoms with Crippen LogP contribution in [0, 0.1) is 6.92 Å². The molecule has 1 aliphatic heterocycles. The summed E-state index contributed by atoms with van der Waals surface area (Å²) in [6.07, 6.45) is 6.87. The van der Waals surface area contributed by atoms with Crippen molar-refractivity contribution in [2.24, 2.45) is 0 Å². The Morgan fingerprint density at radius 2 is 2.31 bits per heavy atom. The van der Waals surface area contributed by atoms with Crippen molar-refractivity contribution in [1.29, 1.82) is 0 Å². The second kappa shape index (κ2) is 5.30. The highest BCUT2D eigenvalue weighted by Gasteiger charge is 2.12. The summed E-state index contributed by atoms with van der Waals surface area (Å²) in [5.41, 5.74) is 1.26. The van der Waals surface area contributed by atoms with E-state index in [1.807, 2.05) is 23.8 Å². The molecule has 1 unspecified atom stereocenters. The van der Waals surface area contributed by atoms with Crippen LogP contribution in [0.3, 0.4) is 0 Å². The van der Waals surface area contributed by atoms with E-state index in [-0.39, 0.29) is 5.56 Å². The Labute approximate surface area is 96.5 Å². The highest BCUT2D eigenvalue weighted by molar-refractivity contribution is 5.07. The summed E-state index contributed by atoms with van der Waals surface area (Å²) in [6, 6.07) is 4.13. The molecule has 0 aliphatic carbocycles. The zero-order valence-electron chi connectivity index (χ0n) is 9.91. The lowest BCUT2D eigenvalue weighted by Crippen LogP contribution is -2.35. The Hall–Kier alpha value is -1.09. The molecule has 0 spiro atoms. The van der Waals surface area contributed by atoms with E-state index >= 15 is 0 Å². The van der Waals surface area contributed by atoms with Gasteiger partial charge in [-0.1, -0.05) is 12.5 Å². The predicted molar refractivity (Wildman–Crippen MR) is 65.7 cm³/mol. The van der Waals surface area contributed by atoms with Crippen LogP contribution in [0.5, 0.6) is 0 Å². The first-order valence-electron chi connectivity index (χ1n) is 6.16. The fourth-order valence-electron chi connectivity index (χ4n) is 2.29. The molecule has 1 aromatic heterocycles. The lowest BCUT2D eigenvalue weighted by Gasteiger charge is -2.23. The molecule has 1 aliphatic rings. The minimum Gasteiger partial charge on any atom is -0.315 e. The van der Waals surface area contributed by atoms with Crippen LogP contribution in [0.1, 0.15) is 31.2 Å². The van der Waals surface area contributed by atoms with Crippen LogP contribution in [0.4, 0.5) is 0 Å². The third kappa shape index (κ3) is 2.95. The molecule has 1 fully saturated rings. The maximum absolute atomic E-state index is 11.6. The molecular formula is C13H20N2O. The van der Waals surface area contributed by atoms with Crippen molar-refractivity contribution in [3.8, 4) is 0 Å². The van der Waals surface area contributed by atoms with Crippen molar-refractivity contribution in [3.63, 3.8) is 0 Å². The molecule has 16 heavy (non-hydrogen) atoms. The molecule has 0 saturated carbocycles. The number of aryl methyl sites for hydroxylation is 2. The number of aromatic nitrogens is 1. The smallest absolute Gasteiger partial charge is 0.250 e. The molecule has 0 amide bonds. The monoisotopic (exact) mass is 220 g/mol. The minimum atomic E-state index is 0.112. The number of piperidine rings is 1. The van der Waals surface area contributed by atoms with Crippen LogP contribution >= 0.6 is 0 Å². The van der Waals surface area contributed by atoms with Gasteiger partial charge < -0.3 is 9.88 Å². The minimum absolute atomic E-state index is 0.112. The van der Waals surface area contributed by atoms with Gasteiger partial charge in [0.2, 0.25) is 0 Å². The van der Waals surface area contributed by atoms with Crippen LogP contribution < -0.4 is 10.9 Å². The van der Waals surface area contributed by atoms with Gasteiger partial charge in [0.1, 0.15) is 0 Å². The van der Waals surface area contributed by atoms with Crippen molar-refractivity contribution in [2.45, 2.75) is 45.2 Å². The van der Waals surface area contributed by atoms with Gasteiger partial charge in [0, 0.05) is 24.8 Å². The quantitative estimate of drug-likeness (QED) is 0.841. The lowest BCUT2D eigenvalue weighted by molar-refractivity contribution is 0.365. The average Bonchev–Trinajstić information content (AvgIpc) is 2.32. The molecule has 1 saturated heterocycles. The molecule has 88 valence electrons. The standard InChI is InChI=1S/C13H20N2O/c1-11-5-6-13(16)15(10-11)9-7-12-4-2-3-8-14-12/h5-6,10,12,14H,2-4,7-9H2,1H3. The van der Waals surface area contributed by atoms with E-state index < -0.39 is 0 Å². The topological polar surface area (TPSA) is 34.0 Å².